The molecule has 0 radical (unpaired) electrons. The maximum Gasteiger partial charge on any atom is 0.333 e. The van der Waals surface area contributed by atoms with Crippen LogP contribution in [-0.2, 0) is 16.0 Å². The molecule has 2 aliphatic carbocycles. The lowest BCUT2D eigenvalue weighted by molar-refractivity contribution is -0.142. The fraction of sp³-hybridized carbons (Fsp3) is 0.333. The van der Waals surface area contributed by atoms with Gasteiger partial charge in [0.1, 0.15) is 23.1 Å². The molecular formula is C27H26N6O5. The number of rotatable bonds is 8. The number of benzene rings is 1. The zero-order valence-electron chi connectivity index (χ0n) is 20.7. The molecule has 1 amide bonds. The van der Waals surface area contributed by atoms with Gasteiger partial charge in [-0.25, -0.2) is 14.6 Å². The topological polar surface area (TPSA) is 141 Å². The molecule has 0 unspecified atom stereocenters. The summed E-state index contributed by atoms with van der Waals surface area (Å²) in [7, 11) is 1.27. The fourth-order valence-corrected chi connectivity index (χ4v) is 4.64. The molecule has 2 fully saturated rings. The van der Waals surface area contributed by atoms with Gasteiger partial charge in [-0.1, -0.05) is 30.3 Å². The number of nitrogens with one attached hydrogen (secondary N) is 2. The maximum absolute atomic E-state index is 13.1. The fourth-order valence-electron chi connectivity index (χ4n) is 4.64. The minimum absolute atomic E-state index is 0.0497. The molecule has 3 heterocycles. The number of aromatic amines is 1. The Morgan fingerprint density at radius 2 is 1.76 bits per heavy atom. The van der Waals surface area contributed by atoms with E-state index in [2.05, 4.69) is 20.3 Å². The molecule has 11 nitrogen and oxygen atoms in total. The molecule has 3 aromatic heterocycles. The predicted molar refractivity (Wildman–Crippen MR) is 138 cm³/mol. The summed E-state index contributed by atoms with van der Waals surface area (Å²) in [4.78, 5) is 63.3. The molecule has 0 bridgehead atoms. The second kappa shape index (κ2) is 9.40. The highest BCUT2D eigenvalue weighted by atomic mass is 16.5. The van der Waals surface area contributed by atoms with Crippen LogP contribution in [0.1, 0.15) is 53.8 Å². The number of imidazole rings is 1. The van der Waals surface area contributed by atoms with Crippen molar-refractivity contribution in [2.75, 3.05) is 7.11 Å². The molecule has 1 aromatic carbocycles. The van der Waals surface area contributed by atoms with E-state index >= 15 is 0 Å². The first-order valence-electron chi connectivity index (χ1n) is 12.6. The summed E-state index contributed by atoms with van der Waals surface area (Å²) >= 11 is 0. The molecular weight excluding hydrogens is 488 g/mol. The molecule has 194 valence electrons. The zero-order chi connectivity index (χ0) is 26.4. The number of methoxy groups -OCH3 is 1. The number of nitrogens with zero attached hydrogens (tertiary/aromatic N) is 4. The van der Waals surface area contributed by atoms with Crippen LogP contribution in [0, 0.1) is 0 Å². The number of carbonyl (C=O) groups excluding carboxylic acids is 2. The van der Waals surface area contributed by atoms with Crippen molar-refractivity contribution >= 4 is 23.0 Å². The van der Waals surface area contributed by atoms with Crippen LogP contribution in [0.5, 0.6) is 0 Å². The summed E-state index contributed by atoms with van der Waals surface area (Å²) in [5.74, 6) is -0.697. The lowest BCUT2D eigenvalue weighted by atomic mass is 10.1. The first-order chi connectivity index (χ1) is 18.4. The molecule has 2 aliphatic rings. The second-order valence-electron chi connectivity index (χ2n) is 9.75. The van der Waals surface area contributed by atoms with Gasteiger partial charge >= 0.3 is 11.7 Å². The number of H-pyrrole nitrogens is 1. The highest BCUT2D eigenvalue weighted by Crippen LogP contribution is 2.37. The van der Waals surface area contributed by atoms with E-state index in [1.54, 1.807) is 10.6 Å². The summed E-state index contributed by atoms with van der Waals surface area (Å²) in [6.07, 6.45) is 5.14. The Hall–Kier alpha value is -4.54. The van der Waals surface area contributed by atoms with Gasteiger partial charge in [0, 0.05) is 30.3 Å². The molecule has 1 atom stereocenters. The van der Waals surface area contributed by atoms with Crippen molar-refractivity contribution < 1.29 is 14.3 Å². The Labute approximate surface area is 216 Å². The van der Waals surface area contributed by atoms with E-state index in [0.29, 0.717) is 22.6 Å². The molecule has 4 aromatic rings. The predicted octanol–water partition coefficient (Wildman–Crippen LogP) is 2.13. The van der Waals surface area contributed by atoms with Gasteiger partial charge in [0.2, 0.25) is 0 Å². The molecule has 38 heavy (non-hydrogen) atoms. The van der Waals surface area contributed by atoms with E-state index in [0.717, 1.165) is 31.2 Å². The van der Waals surface area contributed by atoms with Gasteiger partial charge in [-0.15, -0.1) is 0 Å². The van der Waals surface area contributed by atoms with Gasteiger partial charge in [0.05, 0.1) is 7.11 Å². The van der Waals surface area contributed by atoms with Crippen molar-refractivity contribution in [3.63, 3.8) is 0 Å². The van der Waals surface area contributed by atoms with Crippen molar-refractivity contribution in [3.05, 3.63) is 80.8 Å². The van der Waals surface area contributed by atoms with E-state index in [1.807, 2.05) is 30.3 Å². The molecule has 2 N–H and O–H groups in total. The van der Waals surface area contributed by atoms with Crippen molar-refractivity contribution in [1.29, 1.82) is 0 Å². The number of aromatic nitrogens is 5. The summed E-state index contributed by atoms with van der Waals surface area (Å²) in [6, 6.07) is 11.6. The minimum Gasteiger partial charge on any atom is -0.467 e. The van der Waals surface area contributed by atoms with Crippen molar-refractivity contribution in [1.82, 2.24) is 29.4 Å². The average molecular weight is 515 g/mol. The standard InChI is InChI=1S/C27H26N6O5/c1-38-26(36)20(13-15-5-3-2-4-6-15)29-24(34)19-12-7-16(14-28-19)22-30-21-23(31-22)32(17-8-9-17)27(37)33(25(21)35)18-10-11-18/h2-7,12,14,17-18,20H,8-11,13H2,1H3,(H,29,34)(H,30,31)/t20-/m0/s1. The summed E-state index contributed by atoms with van der Waals surface area (Å²) in [5, 5.41) is 2.69. The Morgan fingerprint density at radius 1 is 1.05 bits per heavy atom. The first kappa shape index (κ1) is 23.8. The zero-order valence-corrected chi connectivity index (χ0v) is 20.7. The Morgan fingerprint density at radius 3 is 2.39 bits per heavy atom. The van der Waals surface area contributed by atoms with Crippen LogP contribution in [-0.4, -0.2) is 49.1 Å². The van der Waals surface area contributed by atoms with Crippen molar-refractivity contribution in [2.24, 2.45) is 0 Å². The molecule has 0 aliphatic heterocycles. The van der Waals surface area contributed by atoms with Gasteiger partial charge in [-0.3, -0.25) is 23.7 Å². The smallest absolute Gasteiger partial charge is 0.333 e. The van der Waals surface area contributed by atoms with E-state index in [-0.39, 0.29) is 35.4 Å². The van der Waals surface area contributed by atoms with Gasteiger partial charge < -0.3 is 15.0 Å². The number of pyridine rings is 1. The van der Waals surface area contributed by atoms with Crippen LogP contribution in [0.25, 0.3) is 22.6 Å². The van der Waals surface area contributed by atoms with Gasteiger partial charge in [-0.05, 0) is 43.4 Å². The lowest BCUT2D eigenvalue weighted by Gasteiger charge is -2.16. The number of hydrogen-bond donors (Lipinski definition) is 2. The molecule has 0 saturated heterocycles. The lowest BCUT2D eigenvalue weighted by Crippen LogP contribution is -2.43. The Bertz CT molecular complexity index is 1650. The third-order valence-electron chi connectivity index (χ3n) is 6.93. The Kier molecular flexibility index (Phi) is 5.90. The van der Waals surface area contributed by atoms with Gasteiger partial charge in [0.15, 0.2) is 5.65 Å². The number of carbonyl (C=O) groups is 2. The number of ether oxygens (including phenoxy) is 1. The minimum atomic E-state index is -0.875. The van der Waals surface area contributed by atoms with Crippen LogP contribution in [0.3, 0.4) is 0 Å². The van der Waals surface area contributed by atoms with Crippen molar-refractivity contribution in [2.45, 2.75) is 50.2 Å². The van der Waals surface area contributed by atoms with E-state index < -0.39 is 17.9 Å². The van der Waals surface area contributed by atoms with Crippen LogP contribution in [0.15, 0.2) is 58.3 Å². The van der Waals surface area contributed by atoms with Gasteiger partial charge in [0.25, 0.3) is 11.5 Å². The highest BCUT2D eigenvalue weighted by molar-refractivity contribution is 5.95. The second-order valence-corrected chi connectivity index (χ2v) is 9.75. The third kappa shape index (κ3) is 4.40. The SMILES string of the molecule is COC(=O)[C@H](Cc1ccccc1)NC(=O)c1ccc(-c2nc3c([nH]2)c(=O)n(C2CC2)c(=O)n3C2CC2)cn1. The maximum atomic E-state index is 13.1. The van der Waals surface area contributed by atoms with Crippen LogP contribution in [0.2, 0.25) is 0 Å². The van der Waals surface area contributed by atoms with Crippen LogP contribution >= 0.6 is 0 Å². The summed E-state index contributed by atoms with van der Waals surface area (Å²) < 4.78 is 7.84. The molecule has 2 saturated carbocycles. The van der Waals surface area contributed by atoms with E-state index in [1.165, 1.54) is 23.9 Å². The highest BCUT2D eigenvalue weighted by Gasteiger charge is 2.34. The Balaban J connectivity index is 1.27. The van der Waals surface area contributed by atoms with E-state index in [9.17, 15) is 19.2 Å². The van der Waals surface area contributed by atoms with Crippen LogP contribution < -0.4 is 16.6 Å². The number of amides is 1. The normalized spacial score (nSPS) is 15.8. The largest absolute Gasteiger partial charge is 0.467 e. The van der Waals surface area contributed by atoms with Crippen molar-refractivity contribution in [3.8, 4) is 11.4 Å². The molecule has 11 heteroatoms. The molecule has 6 rings (SSSR count). The molecule has 0 spiro atoms. The monoisotopic (exact) mass is 514 g/mol. The number of hydrogen-bond acceptors (Lipinski definition) is 7. The third-order valence-corrected chi connectivity index (χ3v) is 6.93. The average Bonchev–Trinajstić information content (AvgIpc) is 3.87. The summed E-state index contributed by atoms with van der Waals surface area (Å²) in [5.41, 5.74) is 1.52. The van der Waals surface area contributed by atoms with Crippen LogP contribution in [0.4, 0.5) is 0 Å². The number of fused-ring (bicyclic) bond motifs is 1. The quantitative estimate of drug-likeness (QED) is 0.343. The van der Waals surface area contributed by atoms with Gasteiger partial charge in [-0.2, -0.15) is 0 Å². The first-order valence-corrected chi connectivity index (χ1v) is 12.6. The summed E-state index contributed by atoms with van der Waals surface area (Å²) in [6.45, 7) is 0. The number of esters is 1. The van der Waals surface area contributed by atoms with E-state index in [4.69, 9.17) is 4.74 Å².